The van der Waals surface area contributed by atoms with Crippen molar-refractivity contribution in [1.29, 1.82) is 0 Å². The van der Waals surface area contributed by atoms with Crippen LogP contribution < -0.4 is 15.4 Å². The largest absolute Gasteiger partial charge is 0.427 e. The molecule has 0 saturated heterocycles. The molecule has 31 heavy (non-hydrogen) atoms. The number of esters is 1. The van der Waals surface area contributed by atoms with Crippen LogP contribution in [0.1, 0.15) is 29.3 Å². The number of carbonyl (C=O) groups is 3. The van der Waals surface area contributed by atoms with E-state index in [1.165, 1.54) is 13.0 Å². The van der Waals surface area contributed by atoms with Gasteiger partial charge in [-0.05, 0) is 54.4 Å². The zero-order chi connectivity index (χ0) is 22.2. The first-order valence-corrected chi connectivity index (χ1v) is 10.0. The van der Waals surface area contributed by atoms with E-state index < -0.39 is 5.97 Å². The molecule has 0 spiro atoms. The number of anilines is 2. The minimum Gasteiger partial charge on any atom is -0.427 e. The van der Waals surface area contributed by atoms with Crippen LogP contribution in [0.5, 0.6) is 5.75 Å². The first kappa shape index (κ1) is 22.1. The number of benzene rings is 3. The lowest BCUT2D eigenvalue weighted by atomic mass is 10.1. The third-order valence-electron chi connectivity index (χ3n) is 4.34. The second-order valence-electron chi connectivity index (χ2n) is 6.80. The fourth-order valence-corrected chi connectivity index (χ4v) is 3.15. The van der Waals surface area contributed by atoms with Crippen LogP contribution in [0.15, 0.2) is 72.8 Å². The van der Waals surface area contributed by atoms with Gasteiger partial charge in [-0.1, -0.05) is 41.9 Å². The maximum atomic E-state index is 12.5. The van der Waals surface area contributed by atoms with Crippen molar-refractivity contribution in [2.24, 2.45) is 0 Å². The molecule has 0 radical (unpaired) electrons. The Kier molecular flexibility index (Phi) is 7.40. The molecule has 2 N–H and O–H groups in total. The second kappa shape index (κ2) is 10.4. The lowest BCUT2D eigenvalue weighted by Crippen LogP contribution is -2.14. The van der Waals surface area contributed by atoms with Crippen molar-refractivity contribution in [2.45, 2.75) is 19.8 Å². The van der Waals surface area contributed by atoms with Gasteiger partial charge in [-0.3, -0.25) is 14.4 Å². The number of aryl methyl sites for hydroxylation is 1. The zero-order valence-electron chi connectivity index (χ0n) is 16.9. The Hall–Kier alpha value is -3.64. The molecule has 0 aliphatic rings. The van der Waals surface area contributed by atoms with E-state index in [0.717, 1.165) is 5.56 Å². The van der Waals surface area contributed by atoms with Crippen LogP contribution in [-0.2, 0) is 16.0 Å². The van der Waals surface area contributed by atoms with E-state index in [2.05, 4.69) is 10.6 Å². The first-order valence-electron chi connectivity index (χ1n) is 9.64. The third-order valence-corrected chi connectivity index (χ3v) is 4.71. The lowest BCUT2D eigenvalue weighted by molar-refractivity contribution is -0.131. The average Bonchev–Trinajstić information content (AvgIpc) is 2.73. The second-order valence-corrected chi connectivity index (χ2v) is 7.20. The molecule has 0 unspecified atom stereocenters. The molecule has 7 heteroatoms. The van der Waals surface area contributed by atoms with Gasteiger partial charge in [-0.2, -0.15) is 0 Å². The summed E-state index contributed by atoms with van der Waals surface area (Å²) in [6.07, 6.45) is 0.809. The minimum atomic E-state index is -0.462. The normalized spacial score (nSPS) is 10.3. The van der Waals surface area contributed by atoms with Crippen molar-refractivity contribution in [3.05, 3.63) is 88.9 Å². The quantitative estimate of drug-likeness (QED) is 0.399. The van der Waals surface area contributed by atoms with Gasteiger partial charge in [0.1, 0.15) is 5.75 Å². The van der Waals surface area contributed by atoms with Gasteiger partial charge in [0.05, 0.1) is 0 Å². The Bertz CT molecular complexity index is 1110. The highest BCUT2D eigenvalue weighted by Gasteiger charge is 2.10. The van der Waals surface area contributed by atoms with Crippen LogP contribution in [0.3, 0.4) is 0 Å². The van der Waals surface area contributed by atoms with E-state index in [9.17, 15) is 14.4 Å². The van der Waals surface area contributed by atoms with Crippen LogP contribution in [0.4, 0.5) is 11.4 Å². The van der Waals surface area contributed by atoms with Crippen molar-refractivity contribution in [1.82, 2.24) is 0 Å². The number of carbonyl (C=O) groups excluding carboxylic acids is 3. The molecule has 3 aromatic rings. The van der Waals surface area contributed by atoms with Crippen LogP contribution in [0.2, 0.25) is 5.02 Å². The maximum absolute atomic E-state index is 12.5. The summed E-state index contributed by atoms with van der Waals surface area (Å²) in [5.74, 6) is -0.691. The molecule has 158 valence electrons. The Morgan fingerprint density at radius 2 is 1.58 bits per heavy atom. The fraction of sp³-hybridized carbons (Fsp3) is 0.125. The molecular formula is C24H21ClN2O4. The smallest absolute Gasteiger partial charge is 0.308 e. The summed E-state index contributed by atoms with van der Waals surface area (Å²) in [7, 11) is 0. The van der Waals surface area contributed by atoms with Crippen LogP contribution >= 0.6 is 11.6 Å². The van der Waals surface area contributed by atoms with E-state index in [0.29, 0.717) is 34.1 Å². The van der Waals surface area contributed by atoms with E-state index >= 15 is 0 Å². The predicted molar refractivity (Wildman–Crippen MR) is 121 cm³/mol. The molecule has 0 aromatic heterocycles. The van der Waals surface area contributed by atoms with Crippen molar-refractivity contribution in [3.63, 3.8) is 0 Å². The Morgan fingerprint density at radius 1 is 0.871 bits per heavy atom. The van der Waals surface area contributed by atoms with Crippen molar-refractivity contribution in [3.8, 4) is 5.75 Å². The van der Waals surface area contributed by atoms with E-state index in [-0.39, 0.29) is 18.2 Å². The summed E-state index contributed by atoms with van der Waals surface area (Å²) < 4.78 is 5.01. The lowest BCUT2D eigenvalue weighted by Gasteiger charge is -2.10. The molecule has 3 aromatic carbocycles. The number of halogens is 1. The van der Waals surface area contributed by atoms with Gasteiger partial charge < -0.3 is 15.4 Å². The monoisotopic (exact) mass is 436 g/mol. The molecular weight excluding hydrogens is 416 g/mol. The molecule has 2 amide bonds. The molecule has 6 nitrogen and oxygen atoms in total. The van der Waals surface area contributed by atoms with Gasteiger partial charge in [0, 0.05) is 35.3 Å². The number of hydrogen-bond acceptors (Lipinski definition) is 4. The van der Waals surface area contributed by atoms with Gasteiger partial charge in [-0.15, -0.1) is 0 Å². The maximum Gasteiger partial charge on any atom is 0.308 e. The SMILES string of the molecule is CC(=O)Oc1cccc(C(=O)Nc2cccc(NC(=O)CCc3ccccc3Cl)c2)c1. The zero-order valence-corrected chi connectivity index (χ0v) is 17.6. The van der Waals surface area contributed by atoms with Gasteiger partial charge in [0.15, 0.2) is 0 Å². The molecule has 0 aliphatic carbocycles. The standard InChI is InChI=1S/C24H21ClN2O4/c1-16(28)31-21-10-4-7-18(14-21)24(30)27-20-9-5-8-19(15-20)26-23(29)13-12-17-6-2-3-11-22(17)25/h2-11,14-15H,12-13H2,1H3,(H,26,29)(H,27,30). The van der Waals surface area contributed by atoms with Gasteiger partial charge in [0.25, 0.3) is 5.91 Å². The number of ether oxygens (including phenoxy) is 1. The van der Waals surface area contributed by atoms with Crippen LogP contribution in [0, 0.1) is 0 Å². The van der Waals surface area contributed by atoms with Crippen molar-refractivity contribution in [2.75, 3.05) is 10.6 Å². The topological polar surface area (TPSA) is 84.5 Å². The highest BCUT2D eigenvalue weighted by Crippen LogP contribution is 2.20. The molecule has 3 rings (SSSR count). The number of hydrogen-bond donors (Lipinski definition) is 2. The fourth-order valence-electron chi connectivity index (χ4n) is 2.92. The van der Waals surface area contributed by atoms with Gasteiger partial charge >= 0.3 is 5.97 Å². The average molecular weight is 437 g/mol. The number of rotatable bonds is 7. The summed E-state index contributed by atoms with van der Waals surface area (Å²) in [4.78, 5) is 35.9. The first-order chi connectivity index (χ1) is 14.9. The van der Waals surface area contributed by atoms with Crippen molar-refractivity contribution >= 4 is 40.8 Å². The summed E-state index contributed by atoms with van der Waals surface area (Å²) in [5, 5.41) is 6.23. The summed E-state index contributed by atoms with van der Waals surface area (Å²) in [6.45, 7) is 1.29. The third kappa shape index (κ3) is 6.69. The number of amides is 2. The van der Waals surface area contributed by atoms with E-state index in [1.807, 2.05) is 18.2 Å². The minimum absolute atomic E-state index is 0.155. The molecule has 0 bridgehead atoms. The Balaban J connectivity index is 1.59. The summed E-state index contributed by atoms with van der Waals surface area (Å²) in [6, 6.07) is 20.6. The predicted octanol–water partition coefficient (Wildman–Crippen LogP) is 5.09. The van der Waals surface area contributed by atoms with Gasteiger partial charge in [-0.25, -0.2) is 0 Å². The molecule has 0 atom stereocenters. The summed E-state index contributed by atoms with van der Waals surface area (Å²) >= 11 is 6.13. The van der Waals surface area contributed by atoms with Crippen molar-refractivity contribution < 1.29 is 19.1 Å². The molecule has 0 aliphatic heterocycles. The van der Waals surface area contributed by atoms with Crippen LogP contribution in [-0.4, -0.2) is 17.8 Å². The highest BCUT2D eigenvalue weighted by molar-refractivity contribution is 6.31. The number of nitrogens with one attached hydrogen (secondary N) is 2. The van der Waals surface area contributed by atoms with E-state index in [1.54, 1.807) is 48.5 Å². The van der Waals surface area contributed by atoms with Crippen LogP contribution in [0.25, 0.3) is 0 Å². The molecule has 0 saturated carbocycles. The Labute approximate surface area is 185 Å². The molecule has 0 heterocycles. The Morgan fingerprint density at radius 3 is 2.32 bits per heavy atom. The highest BCUT2D eigenvalue weighted by atomic mass is 35.5. The molecule has 0 fully saturated rings. The van der Waals surface area contributed by atoms with Gasteiger partial charge in [0.2, 0.25) is 5.91 Å². The summed E-state index contributed by atoms with van der Waals surface area (Å²) in [5.41, 5.74) is 2.34. The van der Waals surface area contributed by atoms with E-state index in [4.69, 9.17) is 16.3 Å².